The van der Waals surface area contributed by atoms with Crippen LogP contribution in [0.25, 0.3) is 28.3 Å². The van der Waals surface area contributed by atoms with E-state index >= 15 is 0 Å². The Hall–Kier alpha value is -4.16. The third-order valence-electron chi connectivity index (χ3n) is 6.20. The number of para-hydroxylation sites is 1. The Kier molecular flexibility index (Phi) is 5.41. The van der Waals surface area contributed by atoms with Crippen LogP contribution in [0.2, 0.25) is 0 Å². The van der Waals surface area contributed by atoms with Gasteiger partial charge in [0.15, 0.2) is 5.82 Å². The van der Waals surface area contributed by atoms with Crippen molar-refractivity contribution >= 4 is 0 Å². The van der Waals surface area contributed by atoms with Crippen LogP contribution in [0, 0.1) is 0 Å². The zero-order valence-corrected chi connectivity index (χ0v) is 18.7. The first-order valence-corrected chi connectivity index (χ1v) is 11.5. The molecule has 0 spiro atoms. The van der Waals surface area contributed by atoms with Crippen molar-refractivity contribution in [3.63, 3.8) is 0 Å². The Morgan fingerprint density at radius 2 is 1.59 bits per heavy atom. The summed E-state index contributed by atoms with van der Waals surface area (Å²) >= 11 is 0. The summed E-state index contributed by atoms with van der Waals surface area (Å²) in [5.41, 5.74) is 7.78. The normalized spacial score (nSPS) is 13.5. The molecule has 6 nitrogen and oxygen atoms in total. The summed E-state index contributed by atoms with van der Waals surface area (Å²) in [4.78, 5) is 16.0. The lowest BCUT2D eigenvalue weighted by Crippen LogP contribution is -2.31. The van der Waals surface area contributed by atoms with Gasteiger partial charge < -0.3 is 0 Å². The van der Waals surface area contributed by atoms with E-state index in [0.29, 0.717) is 0 Å². The Bertz CT molecular complexity index is 1400. The Balaban J connectivity index is 1.28. The highest BCUT2D eigenvalue weighted by atomic mass is 15.3. The highest BCUT2D eigenvalue weighted by Crippen LogP contribution is 2.27. The molecule has 1 aliphatic rings. The molecule has 0 fully saturated rings. The summed E-state index contributed by atoms with van der Waals surface area (Å²) in [6.07, 6.45) is 8.61. The number of fused-ring (bicyclic) bond motifs is 1. The first-order chi connectivity index (χ1) is 16.8. The van der Waals surface area contributed by atoms with E-state index in [-0.39, 0.29) is 0 Å². The van der Waals surface area contributed by atoms with E-state index in [1.165, 1.54) is 11.1 Å². The number of rotatable bonds is 5. The van der Waals surface area contributed by atoms with E-state index in [1.54, 1.807) is 12.4 Å². The minimum Gasteiger partial charge on any atom is -0.294 e. The lowest BCUT2D eigenvalue weighted by molar-refractivity contribution is 0.243. The predicted octanol–water partition coefficient (Wildman–Crippen LogP) is 4.95. The zero-order valence-electron chi connectivity index (χ0n) is 18.7. The first kappa shape index (κ1) is 20.4. The molecule has 0 amide bonds. The predicted molar refractivity (Wildman–Crippen MR) is 132 cm³/mol. The standard InChI is InChI=1S/C28H24N6/c1-3-7-21(8-4-1)27-24(20-34(32-27)25-9-5-2-6-10-25)19-33-16-13-26-23(18-33)17-30-28(31-26)22-11-14-29-15-12-22/h1-12,14-15,17,20H,13,16,18-19H2. The van der Waals surface area contributed by atoms with Crippen molar-refractivity contribution in [3.05, 3.63) is 114 Å². The average Bonchev–Trinajstić information content (AvgIpc) is 3.33. The maximum Gasteiger partial charge on any atom is 0.159 e. The second-order valence-corrected chi connectivity index (χ2v) is 8.51. The van der Waals surface area contributed by atoms with Crippen molar-refractivity contribution in [3.8, 4) is 28.3 Å². The maximum atomic E-state index is 4.97. The minimum absolute atomic E-state index is 0.769. The van der Waals surface area contributed by atoms with Crippen molar-refractivity contribution in [1.29, 1.82) is 0 Å². The molecule has 0 aliphatic carbocycles. The van der Waals surface area contributed by atoms with Crippen molar-refractivity contribution in [2.45, 2.75) is 19.5 Å². The fraction of sp³-hybridized carbons (Fsp3) is 0.143. The van der Waals surface area contributed by atoms with Crippen LogP contribution in [0.1, 0.15) is 16.8 Å². The molecule has 1 aliphatic heterocycles. The summed E-state index contributed by atoms with van der Waals surface area (Å²) in [5, 5.41) is 4.97. The number of hydrogen-bond donors (Lipinski definition) is 0. The summed E-state index contributed by atoms with van der Waals surface area (Å²) in [6, 6.07) is 24.6. The molecule has 4 heterocycles. The number of nitrogens with zero attached hydrogens (tertiary/aromatic N) is 6. The Morgan fingerprint density at radius 3 is 2.38 bits per heavy atom. The topological polar surface area (TPSA) is 59.7 Å². The second-order valence-electron chi connectivity index (χ2n) is 8.51. The largest absolute Gasteiger partial charge is 0.294 e. The van der Waals surface area contributed by atoms with E-state index in [2.05, 4.69) is 57.5 Å². The van der Waals surface area contributed by atoms with Crippen LogP contribution in [0.3, 0.4) is 0 Å². The molecule has 0 saturated heterocycles. The third kappa shape index (κ3) is 4.11. The summed E-state index contributed by atoms with van der Waals surface area (Å²) in [6.45, 7) is 2.60. The van der Waals surface area contributed by atoms with Gasteiger partial charge in [-0.25, -0.2) is 14.6 Å². The van der Waals surface area contributed by atoms with Crippen molar-refractivity contribution in [1.82, 2.24) is 29.6 Å². The molecule has 0 unspecified atom stereocenters. The summed E-state index contributed by atoms with van der Waals surface area (Å²) in [7, 11) is 0. The molecule has 166 valence electrons. The van der Waals surface area contributed by atoms with Crippen LogP contribution in [0.4, 0.5) is 0 Å². The van der Waals surface area contributed by atoms with Gasteiger partial charge in [0, 0.05) is 73.1 Å². The fourth-order valence-corrected chi connectivity index (χ4v) is 4.47. The van der Waals surface area contributed by atoms with Gasteiger partial charge in [-0.05, 0) is 24.3 Å². The highest BCUT2D eigenvalue weighted by Gasteiger charge is 2.21. The number of pyridine rings is 1. The lowest BCUT2D eigenvalue weighted by Gasteiger charge is -2.28. The lowest BCUT2D eigenvalue weighted by atomic mass is 10.0. The van der Waals surface area contributed by atoms with Crippen molar-refractivity contribution < 1.29 is 0 Å². The van der Waals surface area contributed by atoms with Crippen LogP contribution in [-0.2, 0) is 19.5 Å². The van der Waals surface area contributed by atoms with Crippen LogP contribution in [0.5, 0.6) is 0 Å². The van der Waals surface area contributed by atoms with Gasteiger partial charge in [-0.1, -0.05) is 48.5 Å². The van der Waals surface area contributed by atoms with Crippen LogP contribution in [-0.4, -0.2) is 36.2 Å². The van der Waals surface area contributed by atoms with Gasteiger partial charge in [0.1, 0.15) is 0 Å². The molecule has 6 rings (SSSR count). The molecule has 5 aromatic rings. The number of aromatic nitrogens is 5. The van der Waals surface area contributed by atoms with Gasteiger partial charge >= 0.3 is 0 Å². The van der Waals surface area contributed by atoms with Gasteiger partial charge in [0.2, 0.25) is 0 Å². The zero-order chi connectivity index (χ0) is 22.7. The molecule has 6 heteroatoms. The Morgan fingerprint density at radius 1 is 0.824 bits per heavy atom. The molecule has 3 aromatic heterocycles. The van der Waals surface area contributed by atoms with E-state index in [0.717, 1.165) is 60.1 Å². The Labute approximate surface area is 198 Å². The molecule has 0 N–H and O–H groups in total. The quantitative estimate of drug-likeness (QED) is 0.384. The molecule has 0 atom stereocenters. The maximum absolute atomic E-state index is 4.97. The van der Waals surface area contributed by atoms with Crippen molar-refractivity contribution in [2.75, 3.05) is 6.54 Å². The monoisotopic (exact) mass is 444 g/mol. The summed E-state index contributed by atoms with van der Waals surface area (Å²) < 4.78 is 1.99. The van der Waals surface area contributed by atoms with Gasteiger partial charge in [-0.15, -0.1) is 0 Å². The molecular weight excluding hydrogens is 420 g/mol. The second kappa shape index (κ2) is 9.00. The van der Waals surface area contributed by atoms with Gasteiger partial charge in [0.05, 0.1) is 17.1 Å². The SMILES string of the molecule is c1ccc(-c2nn(-c3ccccc3)cc2CN2CCc3nc(-c4ccncc4)ncc3C2)cc1. The smallest absolute Gasteiger partial charge is 0.159 e. The summed E-state index contributed by atoms with van der Waals surface area (Å²) in [5.74, 6) is 0.769. The first-order valence-electron chi connectivity index (χ1n) is 11.5. The molecule has 34 heavy (non-hydrogen) atoms. The average molecular weight is 445 g/mol. The molecule has 2 aromatic carbocycles. The van der Waals surface area contributed by atoms with Gasteiger partial charge in [0.25, 0.3) is 0 Å². The van der Waals surface area contributed by atoms with Crippen LogP contribution in [0.15, 0.2) is 97.6 Å². The molecule has 0 saturated carbocycles. The molecular formula is C28H24N6. The fourth-order valence-electron chi connectivity index (χ4n) is 4.47. The number of benzene rings is 2. The molecule has 0 radical (unpaired) electrons. The van der Waals surface area contributed by atoms with Gasteiger partial charge in [-0.3, -0.25) is 9.88 Å². The van der Waals surface area contributed by atoms with Crippen LogP contribution >= 0.6 is 0 Å². The van der Waals surface area contributed by atoms with Crippen LogP contribution < -0.4 is 0 Å². The van der Waals surface area contributed by atoms with E-state index in [9.17, 15) is 0 Å². The minimum atomic E-state index is 0.769. The van der Waals surface area contributed by atoms with Gasteiger partial charge in [-0.2, -0.15) is 5.10 Å². The van der Waals surface area contributed by atoms with E-state index < -0.39 is 0 Å². The number of hydrogen-bond acceptors (Lipinski definition) is 5. The third-order valence-corrected chi connectivity index (χ3v) is 6.20. The molecule has 0 bridgehead atoms. The highest BCUT2D eigenvalue weighted by molar-refractivity contribution is 5.63. The van der Waals surface area contributed by atoms with E-state index in [1.807, 2.05) is 47.3 Å². The van der Waals surface area contributed by atoms with Crippen molar-refractivity contribution in [2.24, 2.45) is 0 Å². The van der Waals surface area contributed by atoms with E-state index in [4.69, 9.17) is 10.1 Å².